The zero-order valence-electron chi connectivity index (χ0n) is 12.0. The number of ether oxygens (including phenoxy) is 1. The number of hydrogen-bond acceptors (Lipinski definition) is 5. The average molecular weight is 371 g/mol. The number of alkyl halides is 2. The van der Waals surface area contributed by atoms with Crippen molar-refractivity contribution in [3.05, 3.63) is 52.4 Å². The van der Waals surface area contributed by atoms with Crippen LogP contribution in [0, 0.1) is 0 Å². The number of benzene rings is 1. The molecular weight excluding hydrogens is 361 g/mol. The number of aromatic nitrogens is 3. The van der Waals surface area contributed by atoms with Gasteiger partial charge >= 0.3 is 6.61 Å². The van der Waals surface area contributed by atoms with Crippen LogP contribution < -0.4 is 10.1 Å². The first kappa shape index (κ1) is 16.6. The summed E-state index contributed by atoms with van der Waals surface area (Å²) in [5.41, 5.74) is 1.86. The third-order valence-electron chi connectivity index (χ3n) is 3.06. The Kier molecular flexibility index (Phi) is 4.92. The first-order valence-electron chi connectivity index (χ1n) is 6.76. The van der Waals surface area contributed by atoms with E-state index in [9.17, 15) is 8.78 Å². The zero-order chi connectivity index (χ0) is 17.1. The molecule has 0 amide bonds. The van der Waals surface area contributed by atoms with Crippen LogP contribution in [0.3, 0.4) is 0 Å². The molecule has 0 radical (unpaired) electrons. The molecule has 9 heteroatoms. The Bertz CT molecular complexity index is 862. The smallest absolute Gasteiger partial charge is 0.387 e. The number of fused-ring (bicyclic) bond motifs is 1. The Morgan fingerprint density at radius 1 is 1.04 bits per heavy atom. The molecule has 3 aromatic rings. The van der Waals surface area contributed by atoms with Gasteiger partial charge in [0.05, 0.1) is 45.7 Å². The molecule has 124 valence electrons. The van der Waals surface area contributed by atoms with Gasteiger partial charge in [-0.2, -0.15) is 8.78 Å². The number of nitrogens with zero attached hydrogens (tertiary/aromatic N) is 3. The molecule has 2 aromatic heterocycles. The highest BCUT2D eigenvalue weighted by molar-refractivity contribution is 6.42. The van der Waals surface area contributed by atoms with E-state index in [2.05, 4.69) is 25.0 Å². The van der Waals surface area contributed by atoms with Crippen LogP contribution in [0.15, 0.2) is 36.7 Å². The molecule has 0 aliphatic heterocycles. The van der Waals surface area contributed by atoms with Gasteiger partial charge in [-0.1, -0.05) is 23.2 Å². The van der Waals surface area contributed by atoms with E-state index in [4.69, 9.17) is 23.2 Å². The van der Waals surface area contributed by atoms with Gasteiger partial charge in [-0.05, 0) is 24.3 Å². The molecule has 3 rings (SSSR count). The topological polar surface area (TPSA) is 59.9 Å². The maximum Gasteiger partial charge on any atom is 0.387 e. The maximum absolute atomic E-state index is 12.1. The lowest BCUT2D eigenvalue weighted by Gasteiger charge is -2.08. The lowest BCUT2D eigenvalue weighted by atomic mass is 10.3. The van der Waals surface area contributed by atoms with Crippen molar-refractivity contribution < 1.29 is 13.5 Å². The summed E-state index contributed by atoms with van der Waals surface area (Å²) in [6.45, 7) is -2.53. The van der Waals surface area contributed by atoms with Gasteiger partial charge in [-0.25, -0.2) is 4.98 Å². The van der Waals surface area contributed by atoms with Crippen molar-refractivity contribution in [3.63, 3.8) is 0 Å². The highest BCUT2D eigenvalue weighted by Crippen LogP contribution is 2.26. The number of nitrogens with one attached hydrogen (secondary N) is 1. The van der Waals surface area contributed by atoms with Gasteiger partial charge in [-0.15, -0.1) is 0 Å². The summed E-state index contributed by atoms with van der Waals surface area (Å²) in [7, 11) is 0. The Labute approximate surface area is 145 Å². The predicted molar refractivity (Wildman–Crippen MR) is 87.8 cm³/mol. The molecule has 0 bridgehead atoms. The summed E-state index contributed by atoms with van der Waals surface area (Å²) in [5.74, 6) is 0.529. The van der Waals surface area contributed by atoms with Crippen LogP contribution in [0.4, 0.5) is 14.6 Å². The summed E-state index contributed by atoms with van der Waals surface area (Å²) < 4.78 is 28.4. The van der Waals surface area contributed by atoms with E-state index >= 15 is 0 Å². The second-order valence-corrected chi connectivity index (χ2v) is 5.54. The molecule has 2 heterocycles. The molecule has 5 nitrogen and oxygen atoms in total. The molecule has 0 atom stereocenters. The van der Waals surface area contributed by atoms with Gasteiger partial charge in [0.2, 0.25) is 0 Å². The maximum atomic E-state index is 12.1. The SMILES string of the molecule is FC(F)Oc1ccc(CNc2cnc3cc(Cl)c(Cl)cc3n2)nc1. The summed E-state index contributed by atoms with van der Waals surface area (Å²) >= 11 is 11.9. The number of anilines is 1. The minimum Gasteiger partial charge on any atom is -0.433 e. The van der Waals surface area contributed by atoms with E-state index in [1.165, 1.54) is 12.3 Å². The van der Waals surface area contributed by atoms with Gasteiger partial charge in [-0.3, -0.25) is 9.97 Å². The Balaban J connectivity index is 1.70. The van der Waals surface area contributed by atoms with Crippen LogP contribution >= 0.6 is 23.2 Å². The number of rotatable bonds is 5. The second kappa shape index (κ2) is 7.11. The predicted octanol–water partition coefficient (Wildman–Crippen LogP) is 4.55. The minimum absolute atomic E-state index is 0.00534. The molecular formula is C15H10Cl2F2N4O. The largest absolute Gasteiger partial charge is 0.433 e. The van der Waals surface area contributed by atoms with Crippen LogP contribution in [0.25, 0.3) is 11.0 Å². The molecule has 0 saturated heterocycles. The van der Waals surface area contributed by atoms with Crippen LogP contribution in [0.2, 0.25) is 10.0 Å². The normalized spacial score (nSPS) is 11.0. The van der Waals surface area contributed by atoms with Crippen molar-refractivity contribution in [2.24, 2.45) is 0 Å². The van der Waals surface area contributed by atoms with Crippen LogP contribution in [-0.4, -0.2) is 21.6 Å². The number of hydrogen-bond donors (Lipinski definition) is 1. The second-order valence-electron chi connectivity index (χ2n) is 4.73. The van der Waals surface area contributed by atoms with E-state index in [0.717, 1.165) is 0 Å². The summed E-state index contributed by atoms with van der Waals surface area (Å²) in [4.78, 5) is 12.7. The van der Waals surface area contributed by atoms with E-state index in [-0.39, 0.29) is 5.75 Å². The third kappa shape index (κ3) is 3.98. The Morgan fingerprint density at radius 2 is 1.79 bits per heavy atom. The molecule has 0 fully saturated rings. The molecule has 1 aromatic carbocycles. The van der Waals surface area contributed by atoms with Crippen molar-refractivity contribution in [2.75, 3.05) is 5.32 Å². The fourth-order valence-corrected chi connectivity index (χ4v) is 2.28. The molecule has 0 spiro atoms. The number of halogens is 4. The van der Waals surface area contributed by atoms with Crippen LogP contribution in [0.1, 0.15) is 5.69 Å². The standard InChI is InChI=1S/C15H10Cl2F2N4O/c16-10-3-12-13(4-11(10)17)23-14(7-21-12)22-5-8-1-2-9(6-20-8)24-15(18)19/h1-4,6-7,15H,5H2,(H,22,23). The van der Waals surface area contributed by atoms with Crippen LogP contribution in [-0.2, 0) is 6.54 Å². The first-order chi connectivity index (χ1) is 11.5. The summed E-state index contributed by atoms with van der Waals surface area (Å²) in [5, 5.41) is 3.85. The van der Waals surface area contributed by atoms with Gasteiger partial charge in [0, 0.05) is 0 Å². The van der Waals surface area contributed by atoms with Crippen LogP contribution in [0.5, 0.6) is 5.75 Å². The molecule has 0 saturated carbocycles. The molecule has 0 unspecified atom stereocenters. The molecule has 24 heavy (non-hydrogen) atoms. The lowest BCUT2D eigenvalue weighted by Crippen LogP contribution is -2.05. The molecule has 1 N–H and O–H groups in total. The highest BCUT2D eigenvalue weighted by Gasteiger charge is 2.06. The fourth-order valence-electron chi connectivity index (χ4n) is 1.96. The zero-order valence-corrected chi connectivity index (χ0v) is 13.5. The van der Waals surface area contributed by atoms with Crippen molar-refractivity contribution in [1.82, 2.24) is 15.0 Å². The van der Waals surface area contributed by atoms with Crippen molar-refractivity contribution in [3.8, 4) is 5.75 Å². The summed E-state index contributed by atoms with van der Waals surface area (Å²) in [6.07, 6.45) is 2.79. The van der Waals surface area contributed by atoms with E-state index < -0.39 is 6.61 Å². The monoisotopic (exact) mass is 370 g/mol. The van der Waals surface area contributed by atoms with Gasteiger partial charge in [0.15, 0.2) is 0 Å². The highest BCUT2D eigenvalue weighted by atomic mass is 35.5. The van der Waals surface area contributed by atoms with Crippen molar-refractivity contribution in [1.29, 1.82) is 0 Å². The van der Waals surface area contributed by atoms with Gasteiger partial charge in [0.1, 0.15) is 11.6 Å². The lowest BCUT2D eigenvalue weighted by molar-refractivity contribution is -0.0500. The molecule has 0 aliphatic carbocycles. The number of pyridine rings is 1. The quantitative estimate of drug-likeness (QED) is 0.713. The third-order valence-corrected chi connectivity index (χ3v) is 3.78. The van der Waals surface area contributed by atoms with E-state index in [1.54, 1.807) is 24.4 Å². The van der Waals surface area contributed by atoms with Gasteiger partial charge < -0.3 is 10.1 Å². The average Bonchev–Trinajstić information content (AvgIpc) is 2.55. The minimum atomic E-state index is -2.87. The van der Waals surface area contributed by atoms with E-state index in [1.807, 2.05) is 0 Å². The van der Waals surface area contributed by atoms with Crippen molar-refractivity contribution in [2.45, 2.75) is 13.2 Å². The van der Waals surface area contributed by atoms with Crippen molar-refractivity contribution >= 4 is 40.1 Å². The van der Waals surface area contributed by atoms with Gasteiger partial charge in [0.25, 0.3) is 0 Å². The van der Waals surface area contributed by atoms with E-state index in [0.29, 0.717) is 39.1 Å². The Hall–Kier alpha value is -2.25. The fraction of sp³-hybridized carbons (Fsp3) is 0.133. The molecule has 0 aliphatic rings. The first-order valence-corrected chi connectivity index (χ1v) is 7.52. The summed E-state index contributed by atoms with van der Waals surface area (Å²) in [6, 6.07) is 6.27. The Morgan fingerprint density at radius 3 is 2.46 bits per heavy atom.